The number of hydrogen-bond acceptors (Lipinski definition) is 4. The van der Waals surface area contributed by atoms with Crippen molar-refractivity contribution in [1.82, 2.24) is 10.2 Å². The first-order valence-electron chi connectivity index (χ1n) is 9.43. The van der Waals surface area contributed by atoms with E-state index in [9.17, 15) is 9.59 Å². The normalized spacial score (nSPS) is 14.8. The molecule has 1 aromatic heterocycles. The van der Waals surface area contributed by atoms with Gasteiger partial charge in [-0.2, -0.15) is 0 Å². The second-order valence-corrected chi connectivity index (χ2v) is 6.87. The van der Waals surface area contributed by atoms with Crippen molar-refractivity contribution in [3.05, 3.63) is 54.0 Å². The van der Waals surface area contributed by atoms with Crippen LogP contribution in [0.3, 0.4) is 0 Å². The summed E-state index contributed by atoms with van der Waals surface area (Å²) >= 11 is 0. The molecule has 144 valence electrons. The van der Waals surface area contributed by atoms with Gasteiger partial charge in [0, 0.05) is 25.6 Å². The maximum atomic E-state index is 12.3. The van der Waals surface area contributed by atoms with E-state index in [1.165, 1.54) is 11.8 Å². The molecule has 1 N–H and O–H groups in total. The molecule has 1 saturated heterocycles. The Morgan fingerprint density at radius 3 is 2.59 bits per heavy atom. The molecule has 2 heterocycles. The molecule has 2 amide bonds. The minimum Gasteiger partial charge on any atom is -0.494 e. The Hall–Kier alpha value is -2.76. The van der Waals surface area contributed by atoms with E-state index < -0.39 is 0 Å². The van der Waals surface area contributed by atoms with Crippen molar-refractivity contribution in [2.45, 2.75) is 38.6 Å². The van der Waals surface area contributed by atoms with Gasteiger partial charge >= 0.3 is 0 Å². The predicted molar refractivity (Wildman–Crippen MR) is 102 cm³/mol. The monoisotopic (exact) mass is 370 g/mol. The van der Waals surface area contributed by atoms with Gasteiger partial charge in [0.2, 0.25) is 5.91 Å². The lowest BCUT2D eigenvalue weighted by atomic mass is 10.0. The lowest BCUT2D eigenvalue weighted by Gasteiger charge is -2.32. The van der Waals surface area contributed by atoms with Gasteiger partial charge in [0.1, 0.15) is 5.75 Å². The van der Waals surface area contributed by atoms with Crippen molar-refractivity contribution in [1.29, 1.82) is 0 Å². The number of benzene rings is 1. The van der Waals surface area contributed by atoms with Crippen molar-refractivity contribution in [3.8, 4) is 5.75 Å². The number of rotatable bonds is 7. The van der Waals surface area contributed by atoms with Crippen LogP contribution >= 0.6 is 0 Å². The molecule has 0 aliphatic carbocycles. The number of nitrogens with zero attached hydrogens (tertiary/aromatic N) is 1. The third-order valence-corrected chi connectivity index (χ3v) is 4.75. The van der Waals surface area contributed by atoms with Crippen LogP contribution in [-0.2, 0) is 4.79 Å². The number of ether oxygens (including phenoxy) is 1. The van der Waals surface area contributed by atoms with E-state index in [1.54, 1.807) is 12.1 Å². The largest absolute Gasteiger partial charge is 0.494 e. The molecule has 0 spiro atoms. The molecule has 1 aliphatic heterocycles. The summed E-state index contributed by atoms with van der Waals surface area (Å²) in [6, 6.07) is 11.3. The van der Waals surface area contributed by atoms with Gasteiger partial charge in [-0.1, -0.05) is 17.7 Å². The fraction of sp³-hybridized carbons (Fsp3) is 0.429. The molecule has 1 fully saturated rings. The van der Waals surface area contributed by atoms with Crippen LogP contribution in [0.2, 0.25) is 0 Å². The highest BCUT2D eigenvalue weighted by molar-refractivity contribution is 5.91. The Labute approximate surface area is 159 Å². The minimum absolute atomic E-state index is 0.0801. The third-order valence-electron chi connectivity index (χ3n) is 4.75. The maximum absolute atomic E-state index is 12.3. The molecule has 27 heavy (non-hydrogen) atoms. The number of carbonyl (C=O) groups excluding carboxylic acids is 2. The molecule has 0 unspecified atom stereocenters. The second-order valence-electron chi connectivity index (χ2n) is 6.87. The highest BCUT2D eigenvalue weighted by Gasteiger charge is 2.24. The number of piperidine rings is 1. The van der Waals surface area contributed by atoms with E-state index in [0.29, 0.717) is 38.3 Å². The zero-order chi connectivity index (χ0) is 19.1. The molecular weight excluding hydrogens is 344 g/mol. The molecule has 6 heteroatoms. The van der Waals surface area contributed by atoms with E-state index in [-0.39, 0.29) is 17.9 Å². The number of likely N-dealkylation sites (tertiary alicyclic amines) is 1. The van der Waals surface area contributed by atoms with Crippen LogP contribution in [0, 0.1) is 6.92 Å². The van der Waals surface area contributed by atoms with Crippen molar-refractivity contribution in [2.75, 3.05) is 19.7 Å². The number of hydrogen-bond donors (Lipinski definition) is 1. The molecule has 0 saturated carbocycles. The summed E-state index contributed by atoms with van der Waals surface area (Å²) in [5.41, 5.74) is 1.20. The smallest absolute Gasteiger partial charge is 0.287 e. The lowest BCUT2D eigenvalue weighted by molar-refractivity contribution is -0.132. The lowest BCUT2D eigenvalue weighted by Crippen LogP contribution is -2.46. The SMILES string of the molecule is Cc1ccc(OCCCC(=O)N2CCC(NC(=O)c3ccco3)CC2)cc1. The number of furan rings is 1. The summed E-state index contributed by atoms with van der Waals surface area (Å²) in [6.45, 7) is 3.90. The Morgan fingerprint density at radius 1 is 1.19 bits per heavy atom. The average molecular weight is 370 g/mol. The van der Waals surface area contributed by atoms with Gasteiger partial charge in [-0.3, -0.25) is 9.59 Å². The Balaban J connectivity index is 1.32. The molecule has 0 bridgehead atoms. The quantitative estimate of drug-likeness (QED) is 0.760. The first-order chi connectivity index (χ1) is 13.1. The fourth-order valence-corrected chi connectivity index (χ4v) is 3.14. The van der Waals surface area contributed by atoms with Crippen LogP contribution in [-0.4, -0.2) is 42.5 Å². The maximum Gasteiger partial charge on any atom is 0.287 e. The molecular formula is C21H26N2O4. The van der Waals surface area contributed by atoms with Gasteiger partial charge in [0.15, 0.2) is 5.76 Å². The van der Waals surface area contributed by atoms with E-state index in [1.807, 2.05) is 36.1 Å². The van der Waals surface area contributed by atoms with Crippen LogP contribution < -0.4 is 10.1 Å². The van der Waals surface area contributed by atoms with Crippen LogP contribution in [0.15, 0.2) is 47.1 Å². The number of amides is 2. The molecule has 0 radical (unpaired) electrons. The summed E-state index contributed by atoms with van der Waals surface area (Å²) in [4.78, 5) is 26.2. The summed E-state index contributed by atoms with van der Waals surface area (Å²) < 4.78 is 10.8. The van der Waals surface area contributed by atoms with Gasteiger partial charge in [-0.15, -0.1) is 0 Å². The first-order valence-corrected chi connectivity index (χ1v) is 9.43. The van der Waals surface area contributed by atoms with Crippen LogP contribution in [0.5, 0.6) is 5.75 Å². The summed E-state index contributed by atoms with van der Waals surface area (Å²) in [5.74, 6) is 1.11. The van der Waals surface area contributed by atoms with Crippen LogP contribution in [0.4, 0.5) is 0 Å². The fourth-order valence-electron chi connectivity index (χ4n) is 3.14. The zero-order valence-electron chi connectivity index (χ0n) is 15.6. The topological polar surface area (TPSA) is 71.8 Å². The van der Waals surface area contributed by atoms with Crippen molar-refractivity contribution in [3.63, 3.8) is 0 Å². The van der Waals surface area contributed by atoms with E-state index >= 15 is 0 Å². The summed E-state index contributed by atoms with van der Waals surface area (Å²) in [7, 11) is 0. The van der Waals surface area contributed by atoms with E-state index in [0.717, 1.165) is 18.6 Å². The summed E-state index contributed by atoms with van der Waals surface area (Å²) in [5, 5.41) is 2.96. The highest BCUT2D eigenvalue weighted by atomic mass is 16.5. The zero-order valence-corrected chi connectivity index (χ0v) is 15.6. The number of carbonyl (C=O) groups is 2. The van der Waals surface area contributed by atoms with Gasteiger partial charge in [-0.25, -0.2) is 0 Å². The molecule has 2 aromatic rings. The molecule has 0 atom stereocenters. The summed E-state index contributed by atoms with van der Waals surface area (Å²) in [6.07, 6.45) is 4.19. The number of aryl methyl sites for hydroxylation is 1. The first kappa shape index (κ1) is 19.0. The minimum atomic E-state index is -0.196. The van der Waals surface area contributed by atoms with Crippen molar-refractivity contribution in [2.24, 2.45) is 0 Å². The Kier molecular flexibility index (Phi) is 6.52. The van der Waals surface area contributed by atoms with Gasteiger partial charge < -0.3 is 19.4 Å². The molecule has 6 nitrogen and oxygen atoms in total. The molecule has 1 aliphatic rings. The van der Waals surface area contributed by atoms with Gasteiger partial charge in [0.25, 0.3) is 5.91 Å². The van der Waals surface area contributed by atoms with Crippen molar-refractivity contribution < 1.29 is 18.7 Å². The third kappa shape index (κ3) is 5.61. The van der Waals surface area contributed by atoms with Crippen molar-refractivity contribution >= 4 is 11.8 Å². The van der Waals surface area contributed by atoms with E-state index in [2.05, 4.69) is 5.32 Å². The van der Waals surface area contributed by atoms with Gasteiger partial charge in [-0.05, 0) is 50.5 Å². The second kappa shape index (κ2) is 9.26. The Morgan fingerprint density at radius 2 is 1.93 bits per heavy atom. The Bertz CT molecular complexity index is 732. The van der Waals surface area contributed by atoms with Gasteiger partial charge in [0.05, 0.1) is 12.9 Å². The van der Waals surface area contributed by atoms with E-state index in [4.69, 9.17) is 9.15 Å². The standard InChI is InChI=1S/C21H26N2O4/c1-16-6-8-18(9-7-16)26-14-3-5-20(24)23-12-10-17(11-13-23)22-21(25)19-4-2-15-27-19/h2,4,6-9,15,17H,3,5,10-14H2,1H3,(H,22,25). The number of nitrogens with one attached hydrogen (secondary N) is 1. The van der Waals surface area contributed by atoms with Crippen LogP contribution in [0.25, 0.3) is 0 Å². The molecule has 3 rings (SSSR count). The average Bonchev–Trinajstić information content (AvgIpc) is 3.22. The highest BCUT2D eigenvalue weighted by Crippen LogP contribution is 2.15. The predicted octanol–water partition coefficient (Wildman–Crippen LogP) is 3.17. The molecule has 1 aromatic carbocycles. The van der Waals surface area contributed by atoms with Crippen LogP contribution in [0.1, 0.15) is 41.8 Å².